The Morgan fingerprint density at radius 3 is 2.52 bits per heavy atom. The van der Waals surface area contributed by atoms with Gasteiger partial charge in [0.2, 0.25) is 0 Å². The van der Waals surface area contributed by atoms with Crippen molar-refractivity contribution in [2.24, 2.45) is 0 Å². The van der Waals surface area contributed by atoms with Crippen molar-refractivity contribution >= 4 is 34.2 Å². The number of nitrogens with zero attached hydrogens (tertiary/aromatic N) is 3. The molecule has 0 N–H and O–H groups in total. The van der Waals surface area contributed by atoms with E-state index in [1.54, 1.807) is 6.20 Å². The highest BCUT2D eigenvalue weighted by Gasteiger charge is 2.41. The molecule has 0 aliphatic carbocycles. The monoisotopic (exact) mass is 444 g/mol. The Morgan fingerprint density at radius 2 is 1.74 bits per heavy atom. The van der Waals surface area contributed by atoms with Crippen LogP contribution in [0.3, 0.4) is 0 Å². The Balaban J connectivity index is 0.00000231. The third kappa shape index (κ3) is 4.27. The molecule has 1 aliphatic heterocycles. The number of fused-ring (bicyclic) bond motifs is 2. The Bertz CT molecular complexity index is 1190. The van der Waals surface area contributed by atoms with Gasteiger partial charge in [0, 0.05) is 35.4 Å². The first kappa shape index (κ1) is 21.7. The molecule has 0 unspecified atom stereocenters. The number of aromatic nitrogens is 2. The maximum Gasteiger partial charge on any atom is 0.395 e. The van der Waals surface area contributed by atoms with Gasteiger partial charge in [0.25, 0.3) is 0 Å². The first-order valence-electron chi connectivity index (χ1n) is 10.1. The lowest BCUT2D eigenvalue weighted by Gasteiger charge is -2.32. The molecule has 161 valence electrons. The average molecular weight is 445 g/mol. The molecule has 2 aromatic heterocycles. The molecule has 5 rings (SSSR count). The van der Waals surface area contributed by atoms with Crippen molar-refractivity contribution in [2.45, 2.75) is 25.6 Å². The Morgan fingerprint density at radius 1 is 0.935 bits per heavy atom. The number of piperidine rings is 1. The number of likely N-dealkylation sites (tertiary alicyclic amines) is 1. The summed E-state index contributed by atoms with van der Waals surface area (Å²) in [6.07, 6.45) is -0.108. The topological polar surface area (TPSA) is 21.1 Å². The summed E-state index contributed by atoms with van der Waals surface area (Å²) in [6, 6.07) is 18.4. The van der Waals surface area contributed by atoms with Gasteiger partial charge in [0.15, 0.2) is 0 Å². The van der Waals surface area contributed by atoms with Crippen LogP contribution in [0.25, 0.3) is 27.5 Å². The van der Waals surface area contributed by atoms with Crippen molar-refractivity contribution in [1.29, 1.82) is 0 Å². The molecule has 3 heterocycles. The average Bonchev–Trinajstić information content (AvgIpc) is 3.18. The number of hydrogen-bond acceptors (Lipinski definition) is 2. The van der Waals surface area contributed by atoms with Gasteiger partial charge in [0.1, 0.15) is 0 Å². The van der Waals surface area contributed by atoms with E-state index in [4.69, 9.17) is 0 Å². The van der Waals surface area contributed by atoms with Crippen LogP contribution in [-0.4, -0.2) is 33.7 Å². The Labute approximate surface area is 184 Å². The molecular formula is C24H22ClF3N3. The molecule has 0 saturated carbocycles. The zero-order valence-corrected chi connectivity index (χ0v) is 17.6. The molecule has 0 spiro atoms. The van der Waals surface area contributed by atoms with E-state index in [1.807, 2.05) is 24.3 Å². The molecule has 0 atom stereocenters. The van der Waals surface area contributed by atoms with Crippen molar-refractivity contribution in [1.82, 2.24) is 14.5 Å². The summed E-state index contributed by atoms with van der Waals surface area (Å²) in [6.45, 7) is 1.56. The van der Waals surface area contributed by atoms with Crippen LogP contribution in [-0.2, 0) is 6.54 Å². The van der Waals surface area contributed by atoms with Crippen molar-refractivity contribution in [3.8, 4) is 5.69 Å². The lowest BCUT2D eigenvalue weighted by molar-refractivity contribution is -0.123. The molecule has 1 radical (unpaired) electrons. The fourth-order valence-corrected chi connectivity index (χ4v) is 4.31. The largest absolute Gasteiger partial charge is 0.395 e. The van der Waals surface area contributed by atoms with Crippen LogP contribution in [0.2, 0.25) is 0 Å². The van der Waals surface area contributed by atoms with Crippen LogP contribution >= 0.6 is 12.4 Å². The molecule has 4 aromatic rings. The second-order valence-corrected chi connectivity index (χ2v) is 7.79. The molecule has 1 saturated heterocycles. The summed E-state index contributed by atoms with van der Waals surface area (Å²) in [4.78, 5) is 6.49. The molecule has 0 bridgehead atoms. The second-order valence-electron chi connectivity index (χ2n) is 7.79. The van der Waals surface area contributed by atoms with Crippen molar-refractivity contribution in [2.75, 3.05) is 13.1 Å². The molecule has 2 aromatic carbocycles. The van der Waals surface area contributed by atoms with Gasteiger partial charge in [-0.05, 0) is 67.9 Å². The highest BCUT2D eigenvalue weighted by Crippen LogP contribution is 2.36. The normalized spacial score (nSPS) is 16.0. The SMILES string of the molecule is Cl.FC(F)(F)[C]1CCN(Cc2cccc3c2ccn3-c2ccc3ncccc3c2)CC1. The second kappa shape index (κ2) is 8.52. The number of halogens is 4. The number of alkyl halides is 3. The highest BCUT2D eigenvalue weighted by molar-refractivity contribution is 5.87. The molecule has 1 aliphatic rings. The predicted molar refractivity (Wildman–Crippen MR) is 120 cm³/mol. The van der Waals surface area contributed by atoms with E-state index in [-0.39, 0.29) is 31.2 Å². The van der Waals surface area contributed by atoms with Crippen molar-refractivity contribution < 1.29 is 13.2 Å². The van der Waals surface area contributed by atoms with E-state index in [0.29, 0.717) is 19.6 Å². The van der Waals surface area contributed by atoms with Crippen LogP contribution in [0.1, 0.15) is 18.4 Å². The summed E-state index contributed by atoms with van der Waals surface area (Å²) < 4.78 is 40.9. The zero-order chi connectivity index (χ0) is 20.7. The summed E-state index contributed by atoms with van der Waals surface area (Å²) >= 11 is 0. The van der Waals surface area contributed by atoms with Gasteiger partial charge >= 0.3 is 6.18 Å². The van der Waals surface area contributed by atoms with Crippen LogP contribution in [0.4, 0.5) is 13.2 Å². The maximum absolute atomic E-state index is 12.9. The number of hydrogen-bond donors (Lipinski definition) is 0. The summed E-state index contributed by atoms with van der Waals surface area (Å²) in [7, 11) is 0. The fourth-order valence-electron chi connectivity index (χ4n) is 4.31. The van der Waals surface area contributed by atoms with Gasteiger partial charge in [-0.3, -0.25) is 9.88 Å². The molecule has 0 amide bonds. The van der Waals surface area contributed by atoms with E-state index in [1.165, 1.54) is 0 Å². The summed E-state index contributed by atoms with van der Waals surface area (Å²) in [5.74, 6) is -0.283. The summed E-state index contributed by atoms with van der Waals surface area (Å²) in [5, 5.41) is 2.22. The zero-order valence-electron chi connectivity index (χ0n) is 16.8. The minimum Gasteiger partial charge on any atom is -0.317 e. The fraction of sp³-hybridized carbons (Fsp3) is 0.250. The van der Waals surface area contributed by atoms with Gasteiger partial charge in [-0.25, -0.2) is 0 Å². The number of benzene rings is 2. The van der Waals surface area contributed by atoms with E-state index >= 15 is 0 Å². The van der Waals surface area contributed by atoms with Crippen LogP contribution in [0.5, 0.6) is 0 Å². The molecule has 31 heavy (non-hydrogen) atoms. The van der Waals surface area contributed by atoms with E-state index in [0.717, 1.165) is 33.1 Å². The Kier molecular flexibility index (Phi) is 5.95. The predicted octanol–water partition coefficient (Wildman–Crippen LogP) is 6.33. The molecule has 3 nitrogen and oxygen atoms in total. The third-order valence-electron chi connectivity index (χ3n) is 5.94. The minimum absolute atomic E-state index is 0. The van der Waals surface area contributed by atoms with Gasteiger partial charge in [-0.2, -0.15) is 13.2 Å². The van der Waals surface area contributed by atoms with Gasteiger partial charge in [0.05, 0.1) is 17.0 Å². The van der Waals surface area contributed by atoms with Gasteiger partial charge in [-0.15, -0.1) is 12.4 Å². The maximum atomic E-state index is 12.9. The first-order chi connectivity index (χ1) is 14.5. The lowest BCUT2D eigenvalue weighted by atomic mass is 9.96. The molecule has 1 fully saturated rings. The quantitative estimate of drug-likeness (QED) is 0.368. The number of pyridine rings is 1. The standard InChI is InChI=1S/C24H21F3N3.ClH/c25-24(26,27)19-8-12-29(13-9-19)16-18-3-1-5-23-21(18)10-14-30(23)20-6-7-22-17(15-20)4-2-11-28-22;/h1-7,10-11,14-15H,8-9,12-13,16H2;1H. The molecule has 7 heteroatoms. The van der Waals surface area contributed by atoms with E-state index in [9.17, 15) is 13.2 Å². The van der Waals surface area contributed by atoms with Gasteiger partial charge < -0.3 is 4.57 Å². The van der Waals surface area contributed by atoms with Crippen LogP contribution < -0.4 is 0 Å². The minimum atomic E-state index is -4.15. The van der Waals surface area contributed by atoms with E-state index in [2.05, 4.69) is 51.0 Å². The first-order valence-corrected chi connectivity index (χ1v) is 10.1. The molecular weight excluding hydrogens is 423 g/mol. The third-order valence-corrected chi connectivity index (χ3v) is 5.94. The van der Waals surface area contributed by atoms with Gasteiger partial charge in [-0.1, -0.05) is 18.2 Å². The van der Waals surface area contributed by atoms with Crippen LogP contribution in [0.15, 0.2) is 67.0 Å². The van der Waals surface area contributed by atoms with Crippen LogP contribution in [0, 0.1) is 5.92 Å². The summed E-state index contributed by atoms with van der Waals surface area (Å²) in [5.41, 5.74) is 4.25. The van der Waals surface area contributed by atoms with Crippen molar-refractivity contribution in [3.63, 3.8) is 0 Å². The van der Waals surface area contributed by atoms with E-state index < -0.39 is 6.18 Å². The number of rotatable bonds is 3. The Hall–Kier alpha value is -2.57. The lowest BCUT2D eigenvalue weighted by Crippen LogP contribution is -2.37. The smallest absolute Gasteiger partial charge is 0.317 e. The van der Waals surface area contributed by atoms with Crippen molar-refractivity contribution in [3.05, 3.63) is 78.5 Å². The highest BCUT2D eigenvalue weighted by atomic mass is 35.5.